The Hall–Kier alpha value is -9.89. The molecule has 27 heteroatoms. The first-order chi connectivity index (χ1) is 47.6. The summed E-state index contributed by atoms with van der Waals surface area (Å²) in [5.41, 5.74) is 4.96. The van der Waals surface area contributed by atoms with Gasteiger partial charge in [0.2, 0.25) is 23.6 Å². The molecule has 0 radical (unpaired) electrons. The highest BCUT2D eigenvalue weighted by Crippen LogP contribution is 2.72. The quantitative estimate of drug-likeness (QED) is 0.0170. The summed E-state index contributed by atoms with van der Waals surface area (Å²) in [7, 11) is 1.53. The van der Waals surface area contributed by atoms with Crippen molar-refractivity contribution < 1.29 is 67.6 Å². The first-order valence-electron chi connectivity index (χ1n) is 34.0. The van der Waals surface area contributed by atoms with Gasteiger partial charge in [-0.2, -0.15) is 5.10 Å². The number of unbranched alkanes of at least 4 members (excludes halogenated alkanes) is 2. The van der Waals surface area contributed by atoms with Crippen LogP contribution < -0.4 is 31.5 Å². The third kappa shape index (κ3) is 16.4. The highest BCUT2D eigenvalue weighted by atomic mass is 32.1. The van der Waals surface area contributed by atoms with Crippen LogP contribution in [0.3, 0.4) is 0 Å². The minimum absolute atomic E-state index is 0.0660. The van der Waals surface area contributed by atoms with E-state index in [9.17, 15) is 58.2 Å². The molecule has 100 heavy (non-hydrogen) atoms. The second-order valence-electron chi connectivity index (χ2n) is 28.7. The van der Waals surface area contributed by atoms with Gasteiger partial charge >= 0.3 is 18.0 Å². The number of thiazole rings is 1. The number of ether oxygens (including phenoxy) is 2. The van der Waals surface area contributed by atoms with Gasteiger partial charge in [0, 0.05) is 86.4 Å². The summed E-state index contributed by atoms with van der Waals surface area (Å²) in [5, 5.41) is 39.6. The zero-order chi connectivity index (χ0) is 71.4. The molecule has 8 amide bonds. The van der Waals surface area contributed by atoms with E-state index in [1.165, 1.54) is 42.4 Å². The number of hydrogen-bond donors (Lipinski definition) is 7. The van der Waals surface area contributed by atoms with Gasteiger partial charge in [-0.25, -0.2) is 19.6 Å². The zero-order valence-electron chi connectivity index (χ0n) is 57.3. The second-order valence-corrected chi connectivity index (χ2v) is 29.8. The first-order valence-corrected chi connectivity index (χ1v) is 34.8. The Balaban J connectivity index is 0.651. The predicted octanol–water partition coefficient (Wildman–Crippen LogP) is 8.81. The maximum Gasteiger partial charge on any atom is 0.408 e. The molecule has 5 atom stereocenters. The normalized spacial score (nSPS) is 21.3. The van der Waals surface area contributed by atoms with E-state index in [-0.39, 0.29) is 84.2 Å². The van der Waals surface area contributed by atoms with E-state index in [0.29, 0.717) is 84.2 Å². The first kappa shape index (κ1) is 71.4. The molecule has 4 aliphatic carbocycles. The fourth-order valence-corrected chi connectivity index (χ4v) is 17.2. The van der Waals surface area contributed by atoms with Gasteiger partial charge in [0.15, 0.2) is 10.8 Å². The average molecular weight is 1390 g/mol. The van der Waals surface area contributed by atoms with Crippen LogP contribution in [-0.2, 0) is 69.2 Å². The molecule has 7 N–H and O–H groups in total. The fraction of sp³-hybridized carbons (Fsp3) is 0.466. The molecule has 6 aliphatic rings. The SMILES string of the molecule is Cc1c(-c2ccc(N3CCc4cccc(C(=O)Nc5nc6ccccc6s5)c4C3)nc2C(=O)O)cnn1CC12CC3(C)CC(C)(C1)CC(OCCN(C)C(=O)[C@@H](CC(=O)O)NC(=O)OCc1ccc(NC(=O)[C@H](C)NC(=O)[C@@H](NC(=O)CCCCCN4C(=O)C=CC4=O)C(C)C)cc1)(C3)C2. The monoisotopic (exact) mass is 1390 g/mol. The summed E-state index contributed by atoms with van der Waals surface area (Å²) in [6.07, 6.45) is 10.0. The number of rotatable bonds is 29. The summed E-state index contributed by atoms with van der Waals surface area (Å²) >= 11 is 1.40. The Kier molecular flexibility index (Phi) is 21.1. The number of carbonyl (C=O) groups excluding carboxylic acids is 8. The predicted molar refractivity (Wildman–Crippen MR) is 372 cm³/mol. The number of fused-ring (bicyclic) bond motifs is 2. The number of nitrogens with zero attached hydrogens (tertiary/aromatic N) is 7. The van der Waals surface area contributed by atoms with Crippen molar-refractivity contribution in [2.75, 3.05) is 48.8 Å². The highest BCUT2D eigenvalue weighted by Gasteiger charge is 2.66. The lowest BCUT2D eigenvalue weighted by Crippen LogP contribution is -2.64. The molecule has 2 unspecified atom stereocenters. The van der Waals surface area contributed by atoms with Crippen molar-refractivity contribution in [2.45, 2.75) is 162 Å². The van der Waals surface area contributed by atoms with E-state index in [0.717, 1.165) is 70.5 Å². The number of pyridine rings is 1. The van der Waals surface area contributed by atoms with Crippen molar-refractivity contribution in [2.24, 2.45) is 22.2 Å². The highest BCUT2D eigenvalue weighted by molar-refractivity contribution is 7.22. The number of carbonyl (C=O) groups is 10. The van der Waals surface area contributed by atoms with Crippen molar-refractivity contribution in [3.8, 4) is 11.1 Å². The van der Waals surface area contributed by atoms with Gasteiger partial charge in [0.25, 0.3) is 17.7 Å². The number of aliphatic carboxylic acids is 1. The number of anilines is 3. The minimum Gasteiger partial charge on any atom is -0.481 e. The van der Waals surface area contributed by atoms with Crippen molar-refractivity contribution in [1.29, 1.82) is 0 Å². The molecule has 0 spiro atoms. The number of benzene rings is 3. The van der Waals surface area contributed by atoms with E-state index >= 15 is 0 Å². The van der Waals surface area contributed by atoms with Gasteiger partial charge in [0.05, 0.1) is 35.0 Å². The maximum absolute atomic E-state index is 13.9. The van der Waals surface area contributed by atoms with Crippen LogP contribution in [-0.4, -0.2) is 156 Å². The Morgan fingerprint density at radius 3 is 2.20 bits per heavy atom. The minimum atomic E-state index is -1.47. The Morgan fingerprint density at radius 2 is 1.50 bits per heavy atom. The summed E-state index contributed by atoms with van der Waals surface area (Å²) in [4.78, 5) is 143. The van der Waals surface area contributed by atoms with Crippen molar-refractivity contribution in [1.82, 2.24) is 45.5 Å². The molecular weight excluding hydrogens is 1300 g/mol. The molecule has 5 heterocycles. The molecule has 0 saturated heterocycles. The average Bonchev–Trinajstić information content (AvgIpc) is 0.723. The van der Waals surface area contributed by atoms with Crippen LogP contribution in [0.2, 0.25) is 0 Å². The van der Waals surface area contributed by atoms with Crippen LogP contribution in [0.1, 0.15) is 148 Å². The number of aromatic carboxylic acids is 1. The fourth-order valence-electron chi connectivity index (χ4n) is 16.4. The van der Waals surface area contributed by atoms with Crippen LogP contribution >= 0.6 is 11.3 Å². The second kappa shape index (κ2) is 29.5. The molecule has 12 rings (SSSR count). The Bertz CT molecular complexity index is 4150. The van der Waals surface area contributed by atoms with Crippen LogP contribution in [0.5, 0.6) is 0 Å². The number of imide groups is 1. The number of nitrogens with one attached hydrogen (secondary N) is 5. The van der Waals surface area contributed by atoms with Crippen molar-refractivity contribution >= 4 is 97.6 Å². The number of hydrogen-bond acceptors (Lipinski definition) is 17. The topological polar surface area (TPSA) is 343 Å². The molecule has 26 nitrogen and oxygen atoms in total. The van der Waals surface area contributed by atoms with Gasteiger partial charge in [-0.1, -0.05) is 81.9 Å². The number of carboxylic acids is 2. The molecule has 4 saturated carbocycles. The Labute approximate surface area is 583 Å². The van der Waals surface area contributed by atoms with Gasteiger partial charge in [-0.15, -0.1) is 0 Å². The third-order valence-corrected chi connectivity index (χ3v) is 20.9. The van der Waals surface area contributed by atoms with Crippen LogP contribution in [0, 0.1) is 29.1 Å². The van der Waals surface area contributed by atoms with E-state index < -0.39 is 65.9 Å². The van der Waals surface area contributed by atoms with Crippen molar-refractivity contribution in [3.05, 3.63) is 131 Å². The van der Waals surface area contributed by atoms with E-state index in [1.807, 2.05) is 59.0 Å². The number of aromatic nitrogens is 4. The zero-order valence-corrected chi connectivity index (χ0v) is 58.1. The summed E-state index contributed by atoms with van der Waals surface area (Å²) in [6, 6.07) is 19.9. The Morgan fingerprint density at radius 1 is 0.770 bits per heavy atom. The standard InChI is InChI=1S/C73H86N12O14S/c1-43(2)61(80-57(86)18-9-8-12-28-84-58(87)25-26-59(84)88)65(93)75-44(3)63(91)76-48-21-19-46(20-22-48)35-98-69(97)78-54(32-60(89)90)66(94)82(7)30-31-99-73-39-70(5)36-71(6,40-73)38-72(37-70,41-73)42-85-45(4)51(33-74-85)49-23-24-56(79-62(49)67(95)96)83-29-27-47-14-13-15-50(52(47)34-83)64(92)81-68-77-53-16-10-11-17-55(53)100-68/h10-11,13-17,19-26,33,43-44,54,61H,8-9,12,18,27-32,34-42H2,1-7H3,(H,75,93)(H,76,91)(H,78,97)(H,80,86)(H,89,90)(H,95,96)(H,77,81,92)/t44-,54+,61-,70?,71?,72?,73?/m0/s1. The number of amides is 8. The van der Waals surface area contributed by atoms with E-state index in [2.05, 4.69) is 45.4 Å². The smallest absolute Gasteiger partial charge is 0.408 e. The molecule has 4 fully saturated rings. The molecule has 528 valence electrons. The summed E-state index contributed by atoms with van der Waals surface area (Å²) in [5.74, 6) is -5.40. The maximum atomic E-state index is 13.9. The summed E-state index contributed by atoms with van der Waals surface area (Å²) in [6.45, 7) is 13.3. The number of carboxylic acid groups (broad SMARTS) is 2. The van der Waals surface area contributed by atoms with Gasteiger partial charge in [-0.3, -0.25) is 53.3 Å². The van der Waals surface area contributed by atoms with Crippen molar-refractivity contribution in [3.63, 3.8) is 0 Å². The molecule has 3 aromatic carbocycles. The van der Waals surface area contributed by atoms with Gasteiger partial charge < -0.3 is 50.8 Å². The third-order valence-electron chi connectivity index (χ3n) is 19.9. The molecule has 6 aromatic rings. The lowest BCUT2D eigenvalue weighted by molar-refractivity contribution is -0.248. The number of alkyl carbamates (subject to hydrolysis) is 1. The lowest BCUT2D eigenvalue weighted by atomic mass is 9.39. The molecule has 2 aliphatic heterocycles. The van der Waals surface area contributed by atoms with Gasteiger partial charge in [-0.05, 0) is 153 Å². The molecule has 3 aromatic heterocycles. The summed E-state index contributed by atoms with van der Waals surface area (Å²) < 4.78 is 15.3. The number of likely N-dealkylation sites (N-methyl/N-ethyl adjacent to an activating group) is 1. The molecular formula is C73H86N12O14S. The van der Waals surface area contributed by atoms with Crippen LogP contribution in [0.4, 0.5) is 21.4 Å². The molecule has 4 bridgehead atoms. The largest absolute Gasteiger partial charge is 0.481 e. The van der Waals surface area contributed by atoms with E-state index in [1.54, 1.807) is 56.4 Å². The van der Waals surface area contributed by atoms with Crippen LogP contribution in [0.25, 0.3) is 21.3 Å². The van der Waals surface area contributed by atoms with E-state index in [4.69, 9.17) is 19.6 Å². The van der Waals surface area contributed by atoms with Gasteiger partial charge in [0.1, 0.15) is 30.6 Å². The lowest BCUT2D eigenvalue weighted by Gasteiger charge is -2.69. The van der Waals surface area contributed by atoms with Crippen LogP contribution in [0.15, 0.2) is 97.2 Å². The number of para-hydroxylation sites is 1.